The fourth-order valence-corrected chi connectivity index (χ4v) is 3.39. The number of amides is 2. The average Bonchev–Trinajstić information content (AvgIpc) is 3.20. The van der Waals surface area contributed by atoms with Gasteiger partial charge in [-0.15, -0.1) is 0 Å². The number of carbonyl (C=O) groups is 3. The summed E-state index contributed by atoms with van der Waals surface area (Å²) in [5.41, 5.74) is 3.60. The van der Waals surface area contributed by atoms with Crippen molar-refractivity contribution < 1.29 is 19.5 Å². The Morgan fingerprint density at radius 1 is 1.20 bits per heavy atom. The van der Waals surface area contributed by atoms with Crippen LogP contribution in [0.2, 0.25) is 0 Å². The van der Waals surface area contributed by atoms with E-state index in [1.54, 1.807) is 42.6 Å². The Bertz CT molecular complexity index is 1200. The van der Waals surface area contributed by atoms with Crippen molar-refractivity contribution in [3.8, 4) is 16.8 Å². The zero-order valence-corrected chi connectivity index (χ0v) is 15.9. The quantitative estimate of drug-likeness (QED) is 0.568. The predicted octanol–water partition coefficient (Wildman–Crippen LogP) is 2.65. The van der Waals surface area contributed by atoms with Crippen LogP contribution in [0.15, 0.2) is 61.3 Å². The van der Waals surface area contributed by atoms with Crippen molar-refractivity contribution in [2.75, 3.05) is 11.9 Å². The molecule has 8 heteroatoms. The molecular weight excluding hydrogens is 384 g/mol. The van der Waals surface area contributed by atoms with Crippen LogP contribution in [0.1, 0.15) is 26.4 Å². The highest BCUT2D eigenvalue weighted by Gasteiger charge is 2.21. The minimum Gasteiger partial charge on any atom is -0.476 e. The molecule has 0 saturated carbocycles. The number of carboxylic acid groups (broad SMARTS) is 1. The summed E-state index contributed by atoms with van der Waals surface area (Å²) in [4.78, 5) is 35.3. The van der Waals surface area contributed by atoms with Crippen LogP contribution < -0.4 is 10.6 Å². The maximum atomic E-state index is 12.0. The molecule has 0 bridgehead atoms. The van der Waals surface area contributed by atoms with Gasteiger partial charge in [-0.2, -0.15) is 5.10 Å². The molecule has 0 unspecified atom stereocenters. The molecule has 30 heavy (non-hydrogen) atoms. The molecule has 1 aliphatic rings. The molecule has 1 aromatic heterocycles. The second kappa shape index (κ2) is 7.67. The number of fused-ring (bicyclic) bond motifs is 1. The number of hydrogen-bond acceptors (Lipinski definition) is 4. The fraction of sp³-hybridized carbons (Fsp3) is 0.0909. The Morgan fingerprint density at radius 2 is 2.03 bits per heavy atom. The minimum atomic E-state index is -1.16. The van der Waals surface area contributed by atoms with Crippen LogP contribution in [0.4, 0.5) is 5.69 Å². The third-order valence-corrected chi connectivity index (χ3v) is 4.82. The van der Waals surface area contributed by atoms with Gasteiger partial charge in [0.15, 0.2) is 5.69 Å². The van der Waals surface area contributed by atoms with Crippen molar-refractivity contribution in [2.45, 2.75) is 6.42 Å². The predicted molar refractivity (Wildman–Crippen MR) is 111 cm³/mol. The van der Waals surface area contributed by atoms with Crippen molar-refractivity contribution in [1.29, 1.82) is 0 Å². The molecule has 3 aromatic rings. The van der Waals surface area contributed by atoms with Crippen LogP contribution >= 0.6 is 0 Å². The second-order valence-corrected chi connectivity index (χ2v) is 6.76. The van der Waals surface area contributed by atoms with Crippen LogP contribution in [0.3, 0.4) is 0 Å². The number of carbonyl (C=O) groups excluding carboxylic acids is 2. The first-order chi connectivity index (χ1) is 14.5. The van der Waals surface area contributed by atoms with Gasteiger partial charge in [-0.05, 0) is 47.9 Å². The zero-order valence-electron chi connectivity index (χ0n) is 15.9. The summed E-state index contributed by atoms with van der Waals surface area (Å²) >= 11 is 0. The van der Waals surface area contributed by atoms with E-state index in [0.29, 0.717) is 41.0 Å². The molecule has 2 heterocycles. The third kappa shape index (κ3) is 3.58. The smallest absolute Gasteiger partial charge is 0.357 e. The molecule has 4 rings (SSSR count). The number of aromatic carboxylic acids is 1. The van der Waals surface area contributed by atoms with Crippen LogP contribution in [0.5, 0.6) is 0 Å². The van der Waals surface area contributed by atoms with Gasteiger partial charge < -0.3 is 15.7 Å². The second-order valence-electron chi connectivity index (χ2n) is 6.76. The molecule has 2 aromatic carbocycles. The third-order valence-electron chi connectivity index (χ3n) is 4.82. The first-order valence-corrected chi connectivity index (χ1v) is 9.24. The normalized spacial score (nSPS) is 12.6. The molecule has 0 atom stereocenters. The maximum Gasteiger partial charge on any atom is 0.357 e. The molecular formula is C22H18N4O4. The Labute approximate surface area is 171 Å². The zero-order chi connectivity index (χ0) is 21.3. The van der Waals surface area contributed by atoms with Gasteiger partial charge in [-0.25, -0.2) is 9.48 Å². The topological polar surface area (TPSA) is 113 Å². The number of nitrogens with one attached hydrogen (secondary N) is 2. The lowest BCUT2D eigenvalue weighted by Crippen LogP contribution is -2.31. The lowest BCUT2D eigenvalue weighted by atomic mass is 9.95. The van der Waals surface area contributed by atoms with Gasteiger partial charge in [-0.1, -0.05) is 24.8 Å². The van der Waals surface area contributed by atoms with E-state index in [1.165, 1.54) is 4.68 Å². The summed E-state index contributed by atoms with van der Waals surface area (Å²) in [6.07, 6.45) is 3.47. The molecule has 150 valence electrons. The molecule has 2 amide bonds. The summed E-state index contributed by atoms with van der Waals surface area (Å²) in [5, 5.41) is 19.3. The van der Waals surface area contributed by atoms with Gasteiger partial charge in [0, 0.05) is 29.6 Å². The van der Waals surface area contributed by atoms with E-state index >= 15 is 0 Å². The van der Waals surface area contributed by atoms with Crippen LogP contribution in [-0.4, -0.2) is 39.2 Å². The highest BCUT2D eigenvalue weighted by molar-refractivity contribution is 5.99. The van der Waals surface area contributed by atoms with Crippen LogP contribution in [0, 0.1) is 0 Å². The van der Waals surface area contributed by atoms with Crippen molar-refractivity contribution in [3.63, 3.8) is 0 Å². The summed E-state index contributed by atoms with van der Waals surface area (Å²) < 4.78 is 1.45. The highest BCUT2D eigenvalue weighted by atomic mass is 16.4. The number of rotatable bonds is 5. The molecule has 0 radical (unpaired) electrons. The Balaban J connectivity index is 1.76. The summed E-state index contributed by atoms with van der Waals surface area (Å²) in [5.74, 6) is -1.64. The van der Waals surface area contributed by atoms with Crippen molar-refractivity contribution in [2.24, 2.45) is 0 Å². The van der Waals surface area contributed by atoms with Gasteiger partial charge in [0.1, 0.15) is 0 Å². The maximum absolute atomic E-state index is 12.0. The highest BCUT2D eigenvalue weighted by Crippen LogP contribution is 2.28. The van der Waals surface area contributed by atoms with Gasteiger partial charge in [0.2, 0.25) is 5.91 Å². The van der Waals surface area contributed by atoms with Gasteiger partial charge in [-0.3, -0.25) is 9.59 Å². The first kappa shape index (κ1) is 19.1. The largest absolute Gasteiger partial charge is 0.476 e. The average molecular weight is 402 g/mol. The molecule has 0 saturated heterocycles. The number of aromatic nitrogens is 2. The number of anilines is 1. The monoisotopic (exact) mass is 402 g/mol. The van der Waals surface area contributed by atoms with Crippen molar-refractivity contribution >= 4 is 23.5 Å². The van der Waals surface area contributed by atoms with Crippen molar-refractivity contribution in [3.05, 3.63) is 78.1 Å². The van der Waals surface area contributed by atoms with E-state index in [0.717, 1.165) is 11.6 Å². The Hall–Kier alpha value is -4.20. The van der Waals surface area contributed by atoms with Gasteiger partial charge >= 0.3 is 5.97 Å². The van der Waals surface area contributed by atoms with E-state index in [-0.39, 0.29) is 17.5 Å². The number of nitrogens with zero attached hydrogens (tertiary/aromatic N) is 2. The SMILES string of the molecule is C=CC(=O)Nc1cccc(-n2cc(-c3ccc4c(c3)CCNC4=O)c(C(=O)O)n2)c1. The Morgan fingerprint density at radius 3 is 2.80 bits per heavy atom. The van der Waals surface area contributed by atoms with E-state index in [1.807, 2.05) is 6.07 Å². The van der Waals surface area contributed by atoms with Crippen LogP contribution in [-0.2, 0) is 11.2 Å². The summed E-state index contributed by atoms with van der Waals surface area (Å²) in [7, 11) is 0. The lowest BCUT2D eigenvalue weighted by molar-refractivity contribution is -0.111. The van der Waals surface area contributed by atoms with Crippen LogP contribution in [0.25, 0.3) is 16.8 Å². The molecule has 0 fully saturated rings. The molecule has 0 aliphatic carbocycles. The van der Waals surface area contributed by atoms with Gasteiger partial charge in [0.05, 0.1) is 5.69 Å². The number of carboxylic acids is 1. The lowest BCUT2D eigenvalue weighted by Gasteiger charge is -2.17. The number of benzene rings is 2. The standard InChI is InChI=1S/C22H18N4O4/c1-2-19(27)24-15-4-3-5-16(11-15)26-12-18(20(25-26)22(29)30)13-6-7-17-14(10-13)8-9-23-21(17)28/h2-7,10-12H,1,8-9H2,(H,23,28)(H,24,27)(H,29,30). The molecule has 8 nitrogen and oxygen atoms in total. The minimum absolute atomic E-state index is 0.101. The summed E-state index contributed by atoms with van der Waals surface area (Å²) in [6, 6.07) is 12.1. The van der Waals surface area contributed by atoms with Gasteiger partial charge in [0.25, 0.3) is 5.91 Å². The first-order valence-electron chi connectivity index (χ1n) is 9.24. The number of hydrogen-bond donors (Lipinski definition) is 3. The molecule has 3 N–H and O–H groups in total. The fourth-order valence-electron chi connectivity index (χ4n) is 3.39. The Kier molecular flexibility index (Phi) is 4.89. The van der Waals surface area contributed by atoms with E-state index < -0.39 is 5.97 Å². The van der Waals surface area contributed by atoms with E-state index in [4.69, 9.17) is 0 Å². The molecule has 1 aliphatic heterocycles. The molecule has 0 spiro atoms. The van der Waals surface area contributed by atoms with E-state index in [2.05, 4.69) is 22.3 Å². The van der Waals surface area contributed by atoms with E-state index in [9.17, 15) is 19.5 Å². The van der Waals surface area contributed by atoms with Crippen molar-refractivity contribution in [1.82, 2.24) is 15.1 Å². The summed E-state index contributed by atoms with van der Waals surface area (Å²) in [6.45, 7) is 3.97.